The van der Waals surface area contributed by atoms with Gasteiger partial charge in [0.05, 0.1) is 18.7 Å². The number of nitrogens with one attached hydrogen (secondary N) is 2. The fourth-order valence-corrected chi connectivity index (χ4v) is 12.1. The van der Waals surface area contributed by atoms with Crippen LogP contribution in [0.5, 0.6) is 0 Å². The third kappa shape index (κ3) is 10.3. The van der Waals surface area contributed by atoms with Gasteiger partial charge >= 0.3 is 0 Å². The van der Waals surface area contributed by atoms with Crippen molar-refractivity contribution in [2.24, 2.45) is 55.2 Å². The molecule has 2 N–H and O–H groups in total. The smallest absolute Gasteiger partial charge is 0.226 e. The molecule has 0 saturated carbocycles. The number of ketones is 3. The molecule has 16 heteroatoms. The van der Waals surface area contributed by atoms with E-state index in [0.717, 1.165) is 64.2 Å². The highest BCUT2D eigenvalue weighted by Crippen LogP contribution is 2.54. The van der Waals surface area contributed by atoms with Crippen molar-refractivity contribution in [3.63, 3.8) is 0 Å². The first kappa shape index (κ1) is 51.9. The van der Waals surface area contributed by atoms with Gasteiger partial charge in [0, 0.05) is 88.9 Å². The van der Waals surface area contributed by atoms with E-state index in [4.69, 9.17) is 19.7 Å². The molecule has 4 fully saturated rings. The predicted octanol–water partition coefficient (Wildman–Crippen LogP) is 5.35. The van der Waals surface area contributed by atoms with Crippen molar-refractivity contribution < 1.29 is 25.4 Å². The van der Waals surface area contributed by atoms with Gasteiger partial charge < -0.3 is 36.3 Å². The van der Waals surface area contributed by atoms with Crippen LogP contribution < -0.4 is 10.6 Å². The van der Waals surface area contributed by atoms with E-state index in [2.05, 4.69) is 51.6 Å². The third-order valence-electron chi connectivity index (χ3n) is 15.2. The number of hydrogen-bond acceptors (Lipinski definition) is 10. The topological polar surface area (TPSA) is 164 Å². The molecule has 0 bridgehead atoms. The van der Waals surface area contributed by atoms with Crippen molar-refractivity contribution in [2.75, 3.05) is 65.4 Å². The second-order valence-electron chi connectivity index (χ2n) is 20.8. The van der Waals surface area contributed by atoms with Gasteiger partial charge in [-0.05, 0) is 68.6 Å². The number of piperidine rings is 3. The average molecular weight is 902 g/mol. The Morgan fingerprint density at radius 2 is 1.22 bits per heavy atom. The lowest BCUT2D eigenvalue weighted by atomic mass is 9.55. The van der Waals surface area contributed by atoms with Crippen molar-refractivity contribution in [3.05, 3.63) is 58.0 Å². The number of nitriles is 1. The molecule has 14 nitrogen and oxygen atoms in total. The van der Waals surface area contributed by atoms with Crippen molar-refractivity contribution in [2.45, 2.75) is 94.4 Å². The summed E-state index contributed by atoms with van der Waals surface area (Å²) in [6.07, 6.45) is 12.3. The number of guanidine groups is 1. The van der Waals surface area contributed by atoms with Crippen molar-refractivity contribution >= 4 is 56.9 Å². The Kier molecular flexibility index (Phi) is 16.7. The Balaban J connectivity index is 0.000000300. The number of amides is 2. The van der Waals surface area contributed by atoms with Gasteiger partial charge in [-0.3, -0.25) is 19.4 Å². The Bertz CT molecular complexity index is 2000. The molecule has 5 heterocycles. The average Bonchev–Trinajstić information content (AvgIpc) is 3.28. The molecule has 6 atom stereocenters. The number of carbonyl (C=O) groups excluding carboxylic acids is 5. The van der Waals surface area contributed by atoms with Crippen LogP contribution >= 0.6 is 12.4 Å². The van der Waals surface area contributed by atoms with Gasteiger partial charge in [-0.15, -0.1) is 12.4 Å². The first-order chi connectivity index (χ1) is 30.1. The Hall–Kier alpha value is -4.78. The van der Waals surface area contributed by atoms with Crippen LogP contribution in [-0.2, 0) is 24.0 Å². The minimum atomic E-state index is -0.516. The summed E-state index contributed by atoms with van der Waals surface area (Å²) in [6.45, 7) is 41.1. The maximum atomic E-state index is 12.3. The van der Waals surface area contributed by atoms with Crippen LogP contribution in [0.25, 0.3) is 9.69 Å². The molecule has 0 spiro atoms. The summed E-state index contributed by atoms with van der Waals surface area (Å²) in [5.41, 5.74) is -1.23. The lowest BCUT2D eigenvalue weighted by Gasteiger charge is -2.52. The molecule has 0 aromatic rings. The molecule has 3 aliphatic carbocycles. The maximum absolute atomic E-state index is 12.3. The number of carbonyl (C=O) groups is 5. The van der Waals surface area contributed by atoms with Crippen LogP contribution in [0.3, 0.4) is 0 Å². The van der Waals surface area contributed by atoms with E-state index < -0.39 is 16.2 Å². The molecule has 2 amide bonds. The first-order valence-corrected chi connectivity index (χ1v) is 22.2. The van der Waals surface area contributed by atoms with E-state index in [9.17, 15) is 24.0 Å². The van der Waals surface area contributed by atoms with Crippen molar-refractivity contribution in [1.29, 1.82) is 6.60 Å². The van der Waals surface area contributed by atoms with E-state index in [1.54, 1.807) is 22.0 Å². The fraction of sp³-hybridized carbons (Fsp3) is 0.688. The van der Waals surface area contributed by atoms with E-state index in [0.29, 0.717) is 37.7 Å². The fourth-order valence-electron chi connectivity index (χ4n) is 12.1. The number of nitrogens with zero attached hydrogens (tertiary/aromatic N) is 7. The lowest BCUT2D eigenvalue weighted by Crippen LogP contribution is -2.55. The number of aliphatic imine (C=N–C) groups is 1. The number of hydrogen-bond donors (Lipinski definition) is 2. The molecule has 4 saturated heterocycles. The van der Waals surface area contributed by atoms with Gasteiger partial charge in [0.1, 0.15) is 6.07 Å². The molecule has 64 heavy (non-hydrogen) atoms. The van der Waals surface area contributed by atoms with E-state index in [1.165, 1.54) is 25.9 Å². The summed E-state index contributed by atoms with van der Waals surface area (Å²) < 4.78 is 5.25. The number of Topliss-reactive ketones (excluding diaryl/α,β-unsaturated/α-hetero) is 3. The molecule has 0 aromatic heterocycles. The Labute approximate surface area is 392 Å². The van der Waals surface area contributed by atoms with Crippen LogP contribution in [0.15, 0.2) is 40.2 Å². The van der Waals surface area contributed by atoms with Gasteiger partial charge in [-0.2, -0.15) is 5.26 Å². The van der Waals surface area contributed by atoms with Gasteiger partial charge in [0.15, 0.2) is 23.3 Å². The largest absolute Gasteiger partial charge is 1.00 e. The quantitative estimate of drug-likeness (QED) is 0.211. The molecule has 0 aromatic carbocycles. The molecular formula is C48H70BClN9O5-. The molecule has 2 radical (unpaired) electrons. The van der Waals surface area contributed by atoms with E-state index >= 15 is 0 Å². The second-order valence-corrected chi connectivity index (χ2v) is 20.8. The first-order valence-electron chi connectivity index (χ1n) is 22.8. The third-order valence-corrected chi connectivity index (χ3v) is 15.2. The molecule has 5 aliphatic heterocycles. The van der Waals surface area contributed by atoms with Crippen molar-refractivity contribution in [1.82, 2.24) is 25.3 Å². The zero-order valence-electron chi connectivity index (χ0n) is 41.4. The zero-order valence-corrected chi connectivity index (χ0v) is 40.2. The number of fused-ring (bicyclic) bond motifs is 4. The predicted molar refractivity (Wildman–Crippen MR) is 253 cm³/mol. The summed E-state index contributed by atoms with van der Waals surface area (Å²) >= 11 is 0. The second kappa shape index (κ2) is 20.6. The zero-order chi connectivity index (χ0) is 47.9. The van der Waals surface area contributed by atoms with Gasteiger partial charge in [-0.1, -0.05) is 80.5 Å². The molecule has 348 valence electrons. The van der Waals surface area contributed by atoms with Crippen LogP contribution in [0.4, 0.5) is 0 Å². The Morgan fingerprint density at radius 1 is 0.750 bits per heavy atom. The summed E-state index contributed by atoms with van der Waals surface area (Å²) in [7, 11) is 3.75. The van der Waals surface area contributed by atoms with Crippen molar-refractivity contribution in [3.8, 4) is 6.07 Å². The van der Waals surface area contributed by atoms with Crippen LogP contribution in [-0.4, -0.2) is 126 Å². The summed E-state index contributed by atoms with van der Waals surface area (Å²) in [4.78, 5) is 75.5. The normalized spacial score (nSPS) is 32.6. The molecule has 8 rings (SSSR count). The Morgan fingerprint density at radius 3 is 1.67 bits per heavy atom. The standard InChI is InChI=1S/2C14H18N2O2.C13H18N2O.C7H13N3.BH.ClH.H/c2*1-13(2)11-5-6-16(9-17)8-14(11,3)7-10(15-4)12(13)18;1-12(2)10-4-5-15-8-13(10,3)6-9(7-14)11(12)16;1-3-8-7-9-4-2-6-10(7)5-1;;;/h2*7,9,11H,5-6,8H2,1-3H3;6,10,15H,4-5,8H2,1-3H3;1-6H2,(H,8,9);2*1H;/q;;;;;;-1/t2*11-,14+;10-,13+;;;;/m100..../s1/i;;;;1T;;1+1. The van der Waals surface area contributed by atoms with E-state index in [1.807, 2.05) is 61.5 Å². The van der Waals surface area contributed by atoms with Gasteiger partial charge in [0.2, 0.25) is 24.2 Å². The molecule has 0 unspecified atom stereocenters. The SMILES string of the molecule is C1CN=C2NCCCN2C1.CC1(C)C(=O)C(C#N)=C[C@]2(C)CNCC[C@@H]12.Cl.[2H-].[3H][B].[C-]#[N+]C1=C[C@@]2(C)CN(C=O)CC[C@@H]2C(C)(C)C1=O.[C-]#[N+]C1=C[C@]2(C)CN(C=O)CC[C@H]2C(C)(C)C1=O. The highest BCUT2D eigenvalue weighted by atomic mass is 35.5. The van der Waals surface area contributed by atoms with Gasteiger partial charge in [-0.25, -0.2) is 9.69 Å². The summed E-state index contributed by atoms with van der Waals surface area (Å²) in [6, 6.07) is 2.05. The summed E-state index contributed by atoms with van der Waals surface area (Å²) in [5, 5.41) is 15.7. The minimum Gasteiger partial charge on any atom is -1.00 e. The van der Waals surface area contributed by atoms with Gasteiger partial charge in [0.25, 0.3) is 0 Å². The van der Waals surface area contributed by atoms with Crippen LogP contribution in [0, 0.1) is 74.7 Å². The minimum absolute atomic E-state index is 0. The maximum Gasteiger partial charge on any atom is 0.226 e. The lowest BCUT2D eigenvalue weighted by molar-refractivity contribution is -0.135. The molecule has 8 aliphatic rings. The van der Waals surface area contributed by atoms with Crippen LogP contribution in [0.2, 0.25) is 0 Å². The number of likely N-dealkylation sites (tertiary alicyclic amines) is 2. The number of allylic oxidation sites excluding steroid dienone is 3. The monoisotopic (exact) mass is 902 g/mol. The molecular weight excluding hydrogens is 829 g/mol. The van der Waals surface area contributed by atoms with Crippen LogP contribution in [0.1, 0.15) is 95.8 Å². The summed E-state index contributed by atoms with van der Waals surface area (Å²) in [5.74, 6) is 1.76. The van der Waals surface area contributed by atoms with E-state index in [-0.39, 0.29) is 70.7 Å². The highest BCUT2D eigenvalue weighted by molar-refractivity contribution is 6.04. The highest BCUT2D eigenvalue weighted by Gasteiger charge is 2.55. The number of halogens is 1. The number of rotatable bonds is 2.